The van der Waals surface area contributed by atoms with Crippen molar-refractivity contribution >= 4 is 17.3 Å². The maximum atomic E-state index is 11.5. The molecule has 0 aliphatic heterocycles. The van der Waals surface area contributed by atoms with Gasteiger partial charge in [-0.05, 0) is 5.56 Å². The Bertz CT molecular complexity index is 672. The molecule has 0 aromatic heterocycles. The van der Waals surface area contributed by atoms with Crippen LogP contribution < -0.4 is 21.5 Å². The lowest BCUT2D eigenvalue weighted by atomic mass is 10.1. The smallest absolute Gasteiger partial charge is 0.305 e. The molecule has 0 aliphatic rings. The highest BCUT2D eigenvalue weighted by Gasteiger charge is 2.20. The number of aliphatic carboxylic acids is 1. The number of benzene rings is 1. The molecule has 20 heavy (non-hydrogen) atoms. The van der Waals surface area contributed by atoms with E-state index in [4.69, 9.17) is 5.11 Å². The van der Waals surface area contributed by atoms with E-state index in [9.17, 15) is 14.4 Å². The van der Waals surface area contributed by atoms with E-state index in [0.29, 0.717) is 6.54 Å². The second-order valence-corrected chi connectivity index (χ2v) is 4.32. The molecular formula is C14H14N2O4. The molecule has 0 fully saturated rings. The largest absolute Gasteiger partial charge is 0.481 e. The Morgan fingerprint density at radius 2 is 1.60 bits per heavy atom. The first-order valence-electron chi connectivity index (χ1n) is 6.16. The maximum Gasteiger partial charge on any atom is 0.305 e. The van der Waals surface area contributed by atoms with Crippen molar-refractivity contribution in [2.75, 3.05) is 17.2 Å². The minimum absolute atomic E-state index is 0.111. The molecule has 2 rings (SSSR count). The van der Waals surface area contributed by atoms with Crippen molar-refractivity contribution in [2.45, 2.75) is 13.0 Å². The van der Waals surface area contributed by atoms with Crippen LogP contribution in [0.2, 0.25) is 0 Å². The highest BCUT2D eigenvalue weighted by Crippen LogP contribution is 2.15. The first-order chi connectivity index (χ1) is 9.59. The summed E-state index contributed by atoms with van der Waals surface area (Å²) < 4.78 is 0. The van der Waals surface area contributed by atoms with Gasteiger partial charge in [0, 0.05) is 13.1 Å². The molecule has 0 saturated carbocycles. The van der Waals surface area contributed by atoms with Gasteiger partial charge in [-0.1, -0.05) is 30.3 Å². The maximum absolute atomic E-state index is 11.5. The van der Waals surface area contributed by atoms with Gasteiger partial charge in [-0.2, -0.15) is 0 Å². The van der Waals surface area contributed by atoms with Crippen molar-refractivity contribution in [3.63, 3.8) is 0 Å². The van der Waals surface area contributed by atoms with E-state index in [1.807, 2.05) is 30.3 Å². The lowest BCUT2D eigenvalue weighted by Gasteiger charge is -2.14. The molecule has 0 unspecified atom stereocenters. The summed E-state index contributed by atoms with van der Waals surface area (Å²) in [6.07, 6.45) is -0.114. The van der Waals surface area contributed by atoms with Gasteiger partial charge in [0.25, 0.3) is 10.9 Å². The summed E-state index contributed by atoms with van der Waals surface area (Å²) in [5.41, 5.74) is 0.207. The zero-order chi connectivity index (χ0) is 14.5. The van der Waals surface area contributed by atoms with Crippen molar-refractivity contribution < 1.29 is 9.90 Å². The second kappa shape index (κ2) is 6.01. The minimum atomic E-state index is -0.963. The van der Waals surface area contributed by atoms with Crippen LogP contribution in [0, 0.1) is 0 Å². The Morgan fingerprint density at radius 1 is 1.00 bits per heavy atom. The SMILES string of the molecule is O=C(O)CCNc1c(NCc2ccccc2)c(=O)c1=O. The highest BCUT2D eigenvalue weighted by molar-refractivity contribution is 5.75. The van der Waals surface area contributed by atoms with E-state index >= 15 is 0 Å². The fourth-order valence-electron chi connectivity index (χ4n) is 1.81. The number of carboxylic acid groups (broad SMARTS) is 1. The summed E-state index contributed by atoms with van der Waals surface area (Å²) in [5, 5.41) is 14.1. The molecular weight excluding hydrogens is 260 g/mol. The number of rotatable bonds is 7. The van der Waals surface area contributed by atoms with E-state index in [-0.39, 0.29) is 24.3 Å². The fourth-order valence-corrected chi connectivity index (χ4v) is 1.81. The molecule has 0 aliphatic carbocycles. The van der Waals surface area contributed by atoms with Gasteiger partial charge in [-0.15, -0.1) is 0 Å². The highest BCUT2D eigenvalue weighted by atomic mass is 16.4. The van der Waals surface area contributed by atoms with Gasteiger partial charge < -0.3 is 15.7 Å². The first-order valence-corrected chi connectivity index (χ1v) is 6.16. The van der Waals surface area contributed by atoms with Gasteiger partial charge in [-0.25, -0.2) is 0 Å². The molecule has 2 aromatic carbocycles. The number of anilines is 2. The van der Waals surface area contributed by atoms with Crippen molar-refractivity contribution in [2.24, 2.45) is 0 Å². The molecule has 2 aromatic rings. The third-order valence-corrected chi connectivity index (χ3v) is 2.86. The quantitative estimate of drug-likeness (QED) is 0.646. The molecule has 6 nitrogen and oxygen atoms in total. The van der Waals surface area contributed by atoms with Gasteiger partial charge in [0.05, 0.1) is 6.42 Å². The van der Waals surface area contributed by atoms with Gasteiger partial charge in [0.2, 0.25) is 0 Å². The Morgan fingerprint density at radius 3 is 2.20 bits per heavy atom. The van der Waals surface area contributed by atoms with Crippen LogP contribution in [0.4, 0.5) is 11.4 Å². The van der Waals surface area contributed by atoms with Crippen LogP contribution in [0.1, 0.15) is 12.0 Å². The summed E-state index contributed by atoms with van der Waals surface area (Å²) in [4.78, 5) is 33.3. The topological polar surface area (TPSA) is 95.5 Å². The van der Waals surface area contributed by atoms with Crippen LogP contribution in [0.15, 0.2) is 39.9 Å². The molecule has 0 spiro atoms. The van der Waals surface area contributed by atoms with Gasteiger partial charge >= 0.3 is 5.97 Å². The monoisotopic (exact) mass is 274 g/mol. The van der Waals surface area contributed by atoms with Crippen molar-refractivity contribution in [1.82, 2.24) is 0 Å². The predicted octanol–water partition coefficient (Wildman–Crippen LogP) is 0.781. The van der Waals surface area contributed by atoms with E-state index in [1.54, 1.807) is 0 Å². The summed E-state index contributed by atoms with van der Waals surface area (Å²) in [6, 6.07) is 9.45. The zero-order valence-corrected chi connectivity index (χ0v) is 10.7. The van der Waals surface area contributed by atoms with Crippen LogP contribution in [-0.2, 0) is 11.3 Å². The standard InChI is InChI=1S/C14H14N2O4/c17-10(18)6-7-15-11-12(14(20)13(11)19)16-8-9-4-2-1-3-5-9/h1-5,15-16H,6-8H2,(H,17,18). The summed E-state index contributed by atoms with van der Waals surface area (Å²) in [7, 11) is 0. The fraction of sp³-hybridized carbons (Fsp3) is 0.214. The number of nitrogens with one attached hydrogen (secondary N) is 2. The van der Waals surface area contributed by atoms with Gasteiger partial charge in [0.15, 0.2) is 0 Å². The van der Waals surface area contributed by atoms with Crippen LogP contribution in [0.5, 0.6) is 0 Å². The Balaban J connectivity index is 1.98. The molecule has 0 amide bonds. The van der Waals surface area contributed by atoms with E-state index in [1.165, 1.54) is 0 Å². The molecule has 3 N–H and O–H groups in total. The summed E-state index contributed by atoms with van der Waals surface area (Å²) >= 11 is 0. The second-order valence-electron chi connectivity index (χ2n) is 4.32. The van der Waals surface area contributed by atoms with Crippen LogP contribution in [-0.4, -0.2) is 17.6 Å². The molecule has 6 heteroatoms. The van der Waals surface area contributed by atoms with Gasteiger partial charge in [0.1, 0.15) is 11.4 Å². The third kappa shape index (κ3) is 3.03. The molecule has 0 atom stereocenters. The minimum Gasteiger partial charge on any atom is -0.481 e. The van der Waals surface area contributed by atoms with E-state index in [2.05, 4.69) is 10.6 Å². The van der Waals surface area contributed by atoms with E-state index < -0.39 is 16.8 Å². The van der Waals surface area contributed by atoms with Crippen molar-refractivity contribution in [3.8, 4) is 0 Å². The number of hydrogen-bond donors (Lipinski definition) is 3. The zero-order valence-electron chi connectivity index (χ0n) is 10.7. The molecule has 104 valence electrons. The average molecular weight is 274 g/mol. The third-order valence-electron chi connectivity index (χ3n) is 2.86. The summed E-state index contributed by atoms with van der Waals surface area (Å²) in [6.45, 7) is 0.541. The average Bonchev–Trinajstić information content (AvgIpc) is 2.45. The predicted molar refractivity (Wildman–Crippen MR) is 75.9 cm³/mol. The van der Waals surface area contributed by atoms with Crippen molar-refractivity contribution in [1.29, 1.82) is 0 Å². The van der Waals surface area contributed by atoms with Crippen molar-refractivity contribution in [3.05, 3.63) is 56.3 Å². The Hall–Kier alpha value is -2.63. The molecule has 0 heterocycles. The number of hydrogen-bond acceptors (Lipinski definition) is 5. The molecule has 0 saturated heterocycles. The molecule has 0 radical (unpaired) electrons. The van der Waals surface area contributed by atoms with Crippen LogP contribution >= 0.6 is 0 Å². The lowest BCUT2D eigenvalue weighted by molar-refractivity contribution is -0.136. The van der Waals surface area contributed by atoms with Crippen LogP contribution in [0.25, 0.3) is 0 Å². The Kier molecular flexibility index (Phi) is 4.14. The van der Waals surface area contributed by atoms with E-state index in [0.717, 1.165) is 5.56 Å². The normalized spacial score (nSPS) is 10.4. The summed E-state index contributed by atoms with van der Waals surface area (Å²) in [5.74, 6) is -0.963. The Labute approximate surface area is 114 Å². The molecule has 0 bridgehead atoms. The number of carbonyl (C=O) groups is 1. The van der Waals surface area contributed by atoms with Gasteiger partial charge in [-0.3, -0.25) is 14.4 Å². The number of carboxylic acids is 1. The lowest BCUT2D eigenvalue weighted by Crippen LogP contribution is -2.37. The first kappa shape index (κ1) is 13.8. The van der Waals surface area contributed by atoms with Crippen LogP contribution in [0.3, 0.4) is 0 Å².